The van der Waals surface area contributed by atoms with Gasteiger partial charge in [0.2, 0.25) is 0 Å². The summed E-state index contributed by atoms with van der Waals surface area (Å²) in [6.07, 6.45) is 3.16. The minimum Gasteiger partial charge on any atom is -0.372 e. The maximum Gasteiger partial charge on any atom is 0.251 e. The minimum absolute atomic E-state index is 0.132. The van der Waals surface area contributed by atoms with E-state index in [4.69, 9.17) is 4.74 Å². The van der Waals surface area contributed by atoms with E-state index in [9.17, 15) is 4.79 Å². The monoisotopic (exact) mass is 199 g/mol. The van der Waals surface area contributed by atoms with Crippen molar-refractivity contribution < 1.29 is 9.53 Å². The van der Waals surface area contributed by atoms with Gasteiger partial charge in [-0.1, -0.05) is 0 Å². The van der Waals surface area contributed by atoms with Gasteiger partial charge in [-0.3, -0.25) is 4.79 Å². The van der Waals surface area contributed by atoms with Crippen molar-refractivity contribution in [3.8, 4) is 0 Å². The molecule has 3 nitrogen and oxygen atoms in total. The van der Waals surface area contributed by atoms with Gasteiger partial charge >= 0.3 is 0 Å². The number of methoxy groups -OCH3 is 1. The van der Waals surface area contributed by atoms with Crippen LogP contribution in [0.4, 0.5) is 0 Å². The van der Waals surface area contributed by atoms with Crippen molar-refractivity contribution in [1.82, 2.24) is 4.90 Å². The Bertz CT molecular complexity index is 195. The fourth-order valence-electron chi connectivity index (χ4n) is 2.17. The number of carbonyl (C=O) groups is 1. The molecule has 0 N–H and O–H groups in total. The van der Waals surface area contributed by atoms with Gasteiger partial charge in [-0.15, -0.1) is 0 Å². The second-order valence-electron chi connectivity index (χ2n) is 4.25. The Morgan fingerprint density at radius 3 is 2.29 bits per heavy atom. The lowest BCUT2D eigenvalue weighted by molar-refractivity contribution is -0.147. The van der Waals surface area contributed by atoms with E-state index in [0.717, 1.165) is 12.8 Å². The van der Waals surface area contributed by atoms with Crippen LogP contribution in [0.1, 0.15) is 40.0 Å². The van der Waals surface area contributed by atoms with Gasteiger partial charge in [0.15, 0.2) is 0 Å². The van der Waals surface area contributed by atoms with Crippen molar-refractivity contribution >= 4 is 5.91 Å². The number of likely N-dealkylation sites (tertiary alicyclic amines) is 1. The molecular formula is C11H21NO2. The number of piperidine rings is 1. The lowest BCUT2D eigenvalue weighted by Crippen LogP contribution is -2.51. The smallest absolute Gasteiger partial charge is 0.251 e. The quantitative estimate of drug-likeness (QED) is 0.679. The fourth-order valence-corrected chi connectivity index (χ4v) is 2.17. The molecule has 1 heterocycles. The normalized spacial score (nSPS) is 30.1. The molecule has 1 aliphatic rings. The Kier molecular flexibility index (Phi) is 3.93. The van der Waals surface area contributed by atoms with Crippen molar-refractivity contribution in [2.45, 2.75) is 58.2 Å². The molecule has 1 aliphatic heterocycles. The van der Waals surface area contributed by atoms with Crippen molar-refractivity contribution in [3.63, 3.8) is 0 Å². The molecule has 0 spiro atoms. The maximum absolute atomic E-state index is 12.0. The van der Waals surface area contributed by atoms with Crippen LogP contribution in [0, 0.1) is 0 Å². The summed E-state index contributed by atoms with van der Waals surface area (Å²) in [7, 11) is 1.59. The van der Waals surface area contributed by atoms with E-state index in [2.05, 4.69) is 13.8 Å². The first-order chi connectivity index (χ1) is 6.57. The highest BCUT2D eigenvalue weighted by atomic mass is 16.5. The zero-order valence-electron chi connectivity index (χ0n) is 9.62. The van der Waals surface area contributed by atoms with Gasteiger partial charge in [0.25, 0.3) is 5.91 Å². The van der Waals surface area contributed by atoms with Gasteiger partial charge < -0.3 is 9.64 Å². The number of hydrogen-bond donors (Lipinski definition) is 0. The number of hydrogen-bond acceptors (Lipinski definition) is 2. The van der Waals surface area contributed by atoms with Crippen LogP contribution in [-0.4, -0.2) is 36.1 Å². The van der Waals surface area contributed by atoms with Gasteiger partial charge in [0, 0.05) is 19.2 Å². The van der Waals surface area contributed by atoms with E-state index in [-0.39, 0.29) is 12.0 Å². The second-order valence-corrected chi connectivity index (χ2v) is 4.25. The molecule has 0 saturated carbocycles. The van der Waals surface area contributed by atoms with Gasteiger partial charge in [-0.2, -0.15) is 0 Å². The molecule has 0 aromatic heterocycles. The van der Waals surface area contributed by atoms with Crippen LogP contribution in [-0.2, 0) is 9.53 Å². The summed E-state index contributed by atoms with van der Waals surface area (Å²) in [5.41, 5.74) is 0. The number of ether oxygens (including phenoxy) is 1. The summed E-state index contributed by atoms with van der Waals surface area (Å²) in [6, 6.07) is 0.729. The summed E-state index contributed by atoms with van der Waals surface area (Å²) in [5, 5.41) is 0. The van der Waals surface area contributed by atoms with E-state index in [1.807, 2.05) is 11.8 Å². The third-order valence-electron chi connectivity index (χ3n) is 3.15. The first-order valence-electron chi connectivity index (χ1n) is 5.43. The average molecular weight is 199 g/mol. The highest BCUT2D eigenvalue weighted by molar-refractivity contribution is 5.81. The van der Waals surface area contributed by atoms with E-state index in [1.54, 1.807) is 7.11 Å². The average Bonchev–Trinajstić information content (AvgIpc) is 2.16. The molecule has 0 bridgehead atoms. The van der Waals surface area contributed by atoms with E-state index in [1.165, 1.54) is 6.42 Å². The standard InChI is InChI=1S/C11H21NO2/c1-8-6-5-7-9(2)12(8)11(13)10(3)14-4/h8-10H,5-7H2,1-4H3. The van der Waals surface area contributed by atoms with Crippen molar-refractivity contribution in [2.24, 2.45) is 0 Å². The van der Waals surface area contributed by atoms with Gasteiger partial charge in [0.05, 0.1) is 0 Å². The van der Waals surface area contributed by atoms with Crippen LogP contribution in [0.3, 0.4) is 0 Å². The summed E-state index contributed by atoms with van der Waals surface area (Å²) in [4.78, 5) is 13.9. The zero-order chi connectivity index (χ0) is 10.7. The summed E-state index contributed by atoms with van der Waals surface area (Å²) in [6.45, 7) is 6.06. The molecule has 82 valence electrons. The lowest BCUT2D eigenvalue weighted by atomic mass is 9.97. The Morgan fingerprint density at radius 2 is 1.86 bits per heavy atom. The molecule has 1 rings (SSSR count). The fraction of sp³-hybridized carbons (Fsp3) is 0.909. The highest BCUT2D eigenvalue weighted by Crippen LogP contribution is 2.23. The van der Waals surface area contributed by atoms with Crippen molar-refractivity contribution in [1.29, 1.82) is 0 Å². The van der Waals surface area contributed by atoms with Crippen molar-refractivity contribution in [2.75, 3.05) is 7.11 Å². The first kappa shape index (κ1) is 11.5. The molecule has 0 aliphatic carbocycles. The summed E-state index contributed by atoms with van der Waals surface area (Å²) < 4.78 is 5.07. The van der Waals surface area contributed by atoms with Crippen molar-refractivity contribution in [3.05, 3.63) is 0 Å². The number of amides is 1. The highest BCUT2D eigenvalue weighted by Gasteiger charge is 2.31. The molecular weight excluding hydrogens is 178 g/mol. The predicted molar refractivity (Wildman–Crippen MR) is 56.1 cm³/mol. The lowest BCUT2D eigenvalue weighted by Gasteiger charge is -2.40. The molecule has 1 fully saturated rings. The Morgan fingerprint density at radius 1 is 1.36 bits per heavy atom. The van der Waals surface area contributed by atoms with E-state index in [0.29, 0.717) is 12.1 Å². The number of rotatable bonds is 2. The largest absolute Gasteiger partial charge is 0.372 e. The predicted octanol–water partition coefficient (Wildman–Crippen LogP) is 1.81. The third-order valence-corrected chi connectivity index (χ3v) is 3.15. The van der Waals surface area contributed by atoms with Crippen LogP contribution in [0.15, 0.2) is 0 Å². The molecule has 1 amide bonds. The summed E-state index contributed by atoms with van der Waals surface area (Å²) in [5.74, 6) is 0.132. The molecule has 3 atom stereocenters. The molecule has 0 radical (unpaired) electrons. The van der Waals surface area contributed by atoms with Crippen LogP contribution >= 0.6 is 0 Å². The zero-order valence-corrected chi connectivity index (χ0v) is 9.62. The van der Waals surface area contributed by atoms with Gasteiger partial charge in [-0.25, -0.2) is 0 Å². The molecule has 1 saturated heterocycles. The molecule has 3 unspecified atom stereocenters. The molecule has 0 aromatic rings. The minimum atomic E-state index is -0.307. The Labute approximate surface area is 86.4 Å². The topological polar surface area (TPSA) is 29.5 Å². The van der Waals surface area contributed by atoms with Crippen LogP contribution in [0.5, 0.6) is 0 Å². The molecule has 3 heteroatoms. The van der Waals surface area contributed by atoms with Gasteiger partial charge in [-0.05, 0) is 40.0 Å². The van der Waals surface area contributed by atoms with Crippen LogP contribution in [0.25, 0.3) is 0 Å². The summed E-state index contributed by atoms with van der Waals surface area (Å²) >= 11 is 0. The van der Waals surface area contributed by atoms with Crippen LogP contribution in [0.2, 0.25) is 0 Å². The SMILES string of the molecule is COC(C)C(=O)N1C(C)CCCC1C. The Hall–Kier alpha value is -0.570. The molecule has 0 aromatic carbocycles. The Balaban J connectivity index is 2.67. The third kappa shape index (κ3) is 2.27. The first-order valence-corrected chi connectivity index (χ1v) is 5.43. The van der Waals surface area contributed by atoms with Crippen LogP contribution < -0.4 is 0 Å². The number of nitrogens with zero attached hydrogens (tertiary/aromatic N) is 1. The maximum atomic E-state index is 12.0. The molecule has 14 heavy (non-hydrogen) atoms. The van der Waals surface area contributed by atoms with E-state index < -0.39 is 0 Å². The second kappa shape index (κ2) is 4.78. The number of carbonyl (C=O) groups excluding carboxylic acids is 1. The van der Waals surface area contributed by atoms with E-state index >= 15 is 0 Å². The van der Waals surface area contributed by atoms with Gasteiger partial charge in [0.1, 0.15) is 6.10 Å².